The molecule has 0 aliphatic heterocycles. The number of ether oxygens (including phenoxy) is 1. The topological polar surface area (TPSA) is 72.5 Å². The Labute approximate surface area is 173 Å². The summed E-state index contributed by atoms with van der Waals surface area (Å²) in [6, 6.07) is 22.0. The number of carbonyl (C=O) groups is 3. The molecular formula is C23H18ClNO4. The molecule has 0 fully saturated rings. The van der Waals surface area contributed by atoms with Crippen molar-refractivity contribution in [1.82, 2.24) is 0 Å². The van der Waals surface area contributed by atoms with Crippen molar-refractivity contribution in [2.45, 2.75) is 6.42 Å². The van der Waals surface area contributed by atoms with Gasteiger partial charge in [0.1, 0.15) is 0 Å². The highest BCUT2D eigenvalue weighted by Gasteiger charge is 2.12. The third-order valence-electron chi connectivity index (χ3n) is 4.11. The predicted octanol–water partition coefficient (Wildman–Crippen LogP) is 4.56. The molecule has 0 spiro atoms. The van der Waals surface area contributed by atoms with E-state index in [9.17, 15) is 14.4 Å². The lowest BCUT2D eigenvalue weighted by Gasteiger charge is -2.07. The normalized spacial score (nSPS) is 10.2. The van der Waals surface area contributed by atoms with Gasteiger partial charge in [0.25, 0.3) is 0 Å². The molecule has 3 aromatic carbocycles. The van der Waals surface area contributed by atoms with Crippen LogP contribution < -0.4 is 5.32 Å². The first-order valence-electron chi connectivity index (χ1n) is 8.91. The Balaban J connectivity index is 1.51. The minimum Gasteiger partial charge on any atom is -0.454 e. The molecule has 1 N–H and O–H groups in total. The quantitative estimate of drug-likeness (QED) is 0.460. The lowest BCUT2D eigenvalue weighted by molar-refractivity contribution is -0.115. The summed E-state index contributed by atoms with van der Waals surface area (Å²) in [6.45, 7) is -0.365. The number of anilines is 1. The number of hydrogen-bond donors (Lipinski definition) is 1. The van der Waals surface area contributed by atoms with Crippen molar-refractivity contribution < 1.29 is 19.1 Å². The molecule has 0 heterocycles. The van der Waals surface area contributed by atoms with Gasteiger partial charge in [-0.1, -0.05) is 41.9 Å². The van der Waals surface area contributed by atoms with Gasteiger partial charge in [-0.05, 0) is 54.1 Å². The van der Waals surface area contributed by atoms with Crippen LogP contribution >= 0.6 is 11.6 Å². The van der Waals surface area contributed by atoms with Gasteiger partial charge in [-0.15, -0.1) is 0 Å². The summed E-state index contributed by atoms with van der Waals surface area (Å²) in [6.07, 6.45) is 0.261. The standard InChI is InChI=1S/C23H18ClNO4/c24-19-10-6-17(7-11-19)21(26)15-29-23(28)18-8-12-20(13-9-18)25-22(27)14-16-4-2-1-3-5-16/h1-13H,14-15H2,(H,25,27). The second kappa shape index (κ2) is 9.66. The molecule has 0 radical (unpaired) electrons. The van der Waals surface area contributed by atoms with Crippen LogP contribution in [0.5, 0.6) is 0 Å². The maximum Gasteiger partial charge on any atom is 0.338 e. The highest BCUT2D eigenvalue weighted by Crippen LogP contribution is 2.13. The molecule has 0 saturated carbocycles. The van der Waals surface area contributed by atoms with Crippen LogP contribution in [-0.2, 0) is 16.0 Å². The largest absolute Gasteiger partial charge is 0.454 e. The van der Waals surface area contributed by atoms with E-state index in [-0.39, 0.29) is 30.3 Å². The Kier molecular flexibility index (Phi) is 6.76. The van der Waals surface area contributed by atoms with Gasteiger partial charge in [0.05, 0.1) is 12.0 Å². The van der Waals surface area contributed by atoms with Gasteiger partial charge in [-0.3, -0.25) is 9.59 Å². The Morgan fingerprint density at radius 1 is 0.793 bits per heavy atom. The summed E-state index contributed by atoms with van der Waals surface area (Å²) in [5.41, 5.74) is 2.18. The fourth-order valence-corrected chi connectivity index (χ4v) is 2.74. The zero-order chi connectivity index (χ0) is 20.6. The van der Waals surface area contributed by atoms with Crippen LogP contribution in [0, 0.1) is 0 Å². The third-order valence-corrected chi connectivity index (χ3v) is 4.36. The van der Waals surface area contributed by atoms with Crippen molar-refractivity contribution in [1.29, 1.82) is 0 Å². The molecule has 0 saturated heterocycles. The first-order chi connectivity index (χ1) is 14.0. The number of ketones is 1. The average Bonchev–Trinajstić information content (AvgIpc) is 2.73. The maximum atomic E-state index is 12.1. The van der Waals surface area contributed by atoms with Crippen molar-refractivity contribution in [3.8, 4) is 0 Å². The highest BCUT2D eigenvalue weighted by atomic mass is 35.5. The van der Waals surface area contributed by atoms with E-state index in [2.05, 4.69) is 5.32 Å². The first kappa shape index (κ1) is 20.3. The van der Waals surface area contributed by atoms with Crippen LogP contribution in [0.15, 0.2) is 78.9 Å². The molecule has 0 aromatic heterocycles. The van der Waals surface area contributed by atoms with Crippen molar-refractivity contribution in [3.63, 3.8) is 0 Å². The van der Waals surface area contributed by atoms with E-state index < -0.39 is 5.97 Å². The summed E-state index contributed by atoms with van der Waals surface area (Å²) in [4.78, 5) is 36.3. The first-order valence-corrected chi connectivity index (χ1v) is 9.29. The Morgan fingerprint density at radius 2 is 1.41 bits per heavy atom. The SMILES string of the molecule is O=C(Cc1ccccc1)Nc1ccc(C(=O)OCC(=O)c2ccc(Cl)cc2)cc1. The summed E-state index contributed by atoms with van der Waals surface area (Å²) >= 11 is 5.79. The molecule has 5 nitrogen and oxygen atoms in total. The molecule has 3 rings (SSSR count). The molecule has 0 aliphatic rings. The zero-order valence-corrected chi connectivity index (χ0v) is 16.2. The average molecular weight is 408 g/mol. The van der Waals surface area contributed by atoms with Gasteiger partial charge < -0.3 is 10.1 Å². The number of amides is 1. The van der Waals surface area contributed by atoms with E-state index in [1.807, 2.05) is 30.3 Å². The van der Waals surface area contributed by atoms with Crippen LogP contribution in [0.25, 0.3) is 0 Å². The van der Waals surface area contributed by atoms with Crippen LogP contribution in [0.1, 0.15) is 26.3 Å². The van der Waals surface area contributed by atoms with Crippen molar-refractivity contribution in [3.05, 3.63) is 101 Å². The molecule has 0 atom stereocenters. The second-order valence-electron chi connectivity index (χ2n) is 6.29. The zero-order valence-electron chi connectivity index (χ0n) is 15.4. The van der Waals surface area contributed by atoms with E-state index in [0.717, 1.165) is 5.56 Å². The van der Waals surface area contributed by atoms with Gasteiger partial charge in [0.15, 0.2) is 12.4 Å². The number of rotatable bonds is 7. The molecule has 146 valence electrons. The number of benzene rings is 3. The maximum absolute atomic E-state index is 12.1. The fourth-order valence-electron chi connectivity index (χ4n) is 2.61. The van der Waals surface area contributed by atoms with Gasteiger partial charge in [0, 0.05) is 16.3 Å². The molecular weight excluding hydrogens is 390 g/mol. The summed E-state index contributed by atoms with van der Waals surface area (Å²) in [7, 11) is 0. The van der Waals surface area contributed by atoms with Gasteiger partial charge in [0.2, 0.25) is 5.91 Å². The van der Waals surface area contributed by atoms with E-state index in [1.54, 1.807) is 36.4 Å². The number of Topliss-reactive ketones (excluding diaryl/α,β-unsaturated/α-hetero) is 1. The molecule has 0 bridgehead atoms. The molecule has 0 aliphatic carbocycles. The van der Waals surface area contributed by atoms with E-state index in [4.69, 9.17) is 16.3 Å². The summed E-state index contributed by atoms with van der Waals surface area (Å²) in [5.74, 6) is -1.09. The van der Waals surface area contributed by atoms with E-state index >= 15 is 0 Å². The van der Waals surface area contributed by atoms with Crippen molar-refractivity contribution in [2.24, 2.45) is 0 Å². The lowest BCUT2D eigenvalue weighted by atomic mass is 10.1. The van der Waals surface area contributed by atoms with Gasteiger partial charge >= 0.3 is 5.97 Å². The Morgan fingerprint density at radius 3 is 2.07 bits per heavy atom. The van der Waals surface area contributed by atoms with Crippen LogP contribution in [-0.4, -0.2) is 24.3 Å². The smallest absolute Gasteiger partial charge is 0.338 e. The molecule has 29 heavy (non-hydrogen) atoms. The third kappa shape index (κ3) is 6.02. The van der Waals surface area contributed by atoms with Gasteiger partial charge in [-0.25, -0.2) is 4.79 Å². The van der Waals surface area contributed by atoms with Crippen LogP contribution in [0.2, 0.25) is 5.02 Å². The Hall–Kier alpha value is -3.44. The van der Waals surface area contributed by atoms with Crippen molar-refractivity contribution >= 4 is 34.9 Å². The van der Waals surface area contributed by atoms with Crippen molar-refractivity contribution in [2.75, 3.05) is 11.9 Å². The van der Waals surface area contributed by atoms with Gasteiger partial charge in [-0.2, -0.15) is 0 Å². The number of nitrogens with one attached hydrogen (secondary N) is 1. The number of hydrogen-bond acceptors (Lipinski definition) is 4. The minimum atomic E-state index is -0.616. The van der Waals surface area contributed by atoms with E-state index in [1.165, 1.54) is 12.1 Å². The van der Waals surface area contributed by atoms with Crippen LogP contribution in [0.3, 0.4) is 0 Å². The van der Waals surface area contributed by atoms with E-state index in [0.29, 0.717) is 16.3 Å². The molecule has 6 heteroatoms. The molecule has 0 unspecified atom stereocenters. The highest BCUT2D eigenvalue weighted by molar-refractivity contribution is 6.30. The summed E-state index contributed by atoms with van der Waals surface area (Å²) in [5, 5.41) is 3.30. The number of halogens is 1. The second-order valence-corrected chi connectivity index (χ2v) is 6.73. The van der Waals surface area contributed by atoms with Crippen LogP contribution in [0.4, 0.5) is 5.69 Å². The Bertz CT molecular complexity index is 999. The monoisotopic (exact) mass is 407 g/mol. The number of esters is 1. The molecule has 3 aromatic rings. The predicted molar refractivity (Wildman–Crippen MR) is 111 cm³/mol. The summed E-state index contributed by atoms with van der Waals surface area (Å²) < 4.78 is 5.07. The minimum absolute atomic E-state index is 0.153. The lowest BCUT2D eigenvalue weighted by Crippen LogP contribution is -2.15. The number of carbonyl (C=O) groups excluding carboxylic acids is 3. The fraction of sp³-hybridized carbons (Fsp3) is 0.0870. The molecule has 1 amide bonds.